The maximum Gasteiger partial charge on any atom is 0.133 e. The Hall–Kier alpha value is -1.33. The lowest BCUT2D eigenvalue weighted by atomic mass is 10.2. The summed E-state index contributed by atoms with van der Waals surface area (Å²) in [5.74, 6) is 2.03. The van der Waals surface area contributed by atoms with Crippen molar-refractivity contribution in [3.05, 3.63) is 33.2 Å². The number of nitrogens with zero attached hydrogens (tertiary/aromatic N) is 2. The number of nitrogen functional groups attached to an aromatic ring is 1. The number of nitrogens with two attached hydrogens (primary N) is 1. The first kappa shape index (κ1) is 14.1. The van der Waals surface area contributed by atoms with Crippen molar-refractivity contribution in [3.8, 4) is 0 Å². The minimum absolute atomic E-state index is 0.140. The minimum Gasteiger partial charge on any atom is -0.384 e. The number of nitrogens with one attached hydrogen (secondary N) is 1. The lowest BCUT2D eigenvalue weighted by Crippen LogP contribution is -2.09. The fourth-order valence-electron chi connectivity index (χ4n) is 1.78. The zero-order chi connectivity index (χ0) is 13.8. The van der Waals surface area contributed by atoms with E-state index in [0.717, 1.165) is 28.8 Å². The molecule has 102 valence electrons. The van der Waals surface area contributed by atoms with Gasteiger partial charge in [-0.1, -0.05) is 18.5 Å². The first-order chi connectivity index (χ1) is 9.08. The van der Waals surface area contributed by atoms with Crippen LogP contribution in [0, 0.1) is 0 Å². The Morgan fingerprint density at radius 3 is 2.84 bits per heavy atom. The molecule has 0 fully saturated rings. The third-order valence-electron chi connectivity index (χ3n) is 2.65. The number of hydrogen-bond donors (Lipinski definition) is 2. The summed E-state index contributed by atoms with van der Waals surface area (Å²) in [5, 5.41) is 3.33. The van der Waals surface area contributed by atoms with Gasteiger partial charge in [-0.25, -0.2) is 9.97 Å². The van der Waals surface area contributed by atoms with Gasteiger partial charge >= 0.3 is 0 Å². The van der Waals surface area contributed by atoms with Gasteiger partial charge in [-0.3, -0.25) is 0 Å². The SMILES string of the molecule is CCCc1nc(N)cc(NC(C)c2ccc(Cl)s2)n1. The molecule has 2 rings (SSSR count). The third-order valence-corrected chi connectivity index (χ3v) is 4.06. The number of aromatic nitrogens is 2. The molecular formula is C13H17ClN4S. The number of hydrogen-bond acceptors (Lipinski definition) is 5. The van der Waals surface area contributed by atoms with Crippen LogP contribution in [0.15, 0.2) is 18.2 Å². The fourth-order valence-corrected chi connectivity index (χ4v) is 2.84. The van der Waals surface area contributed by atoms with Crippen molar-refractivity contribution in [2.75, 3.05) is 11.1 Å². The smallest absolute Gasteiger partial charge is 0.133 e. The van der Waals surface area contributed by atoms with E-state index in [1.165, 1.54) is 4.88 Å². The van der Waals surface area contributed by atoms with Crippen LogP contribution in [0.3, 0.4) is 0 Å². The Morgan fingerprint density at radius 1 is 1.42 bits per heavy atom. The van der Waals surface area contributed by atoms with Gasteiger partial charge in [0.15, 0.2) is 0 Å². The van der Waals surface area contributed by atoms with Gasteiger partial charge in [0, 0.05) is 17.4 Å². The van der Waals surface area contributed by atoms with Crippen molar-refractivity contribution in [3.63, 3.8) is 0 Å². The monoisotopic (exact) mass is 296 g/mol. The third kappa shape index (κ3) is 3.81. The number of rotatable bonds is 5. The second-order valence-corrected chi connectivity index (χ2v) is 6.10. The maximum absolute atomic E-state index is 5.94. The predicted molar refractivity (Wildman–Crippen MR) is 81.8 cm³/mol. The summed E-state index contributed by atoms with van der Waals surface area (Å²) in [6.45, 7) is 4.16. The van der Waals surface area contributed by atoms with Crippen molar-refractivity contribution < 1.29 is 0 Å². The molecular weight excluding hydrogens is 280 g/mol. The molecule has 0 aromatic carbocycles. The van der Waals surface area contributed by atoms with Crippen molar-refractivity contribution in [1.82, 2.24) is 9.97 Å². The van der Waals surface area contributed by atoms with Gasteiger partial charge in [0.25, 0.3) is 0 Å². The summed E-state index contributed by atoms with van der Waals surface area (Å²) in [5.41, 5.74) is 5.80. The maximum atomic E-state index is 5.94. The summed E-state index contributed by atoms with van der Waals surface area (Å²) < 4.78 is 0.789. The van der Waals surface area contributed by atoms with E-state index in [4.69, 9.17) is 17.3 Å². The topological polar surface area (TPSA) is 63.8 Å². The summed E-state index contributed by atoms with van der Waals surface area (Å²) in [6, 6.07) is 5.81. The van der Waals surface area contributed by atoms with Crippen LogP contribution in [0.1, 0.15) is 37.0 Å². The van der Waals surface area contributed by atoms with Gasteiger partial charge in [0.2, 0.25) is 0 Å². The lowest BCUT2D eigenvalue weighted by molar-refractivity contribution is 0.825. The number of halogens is 1. The first-order valence-corrected chi connectivity index (χ1v) is 7.43. The highest BCUT2D eigenvalue weighted by Crippen LogP contribution is 2.28. The van der Waals surface area contributed by atoms with E-state index in [9.17, 15) is 0 Å². The Labute approximate surface area is 122 Å². The molecule has 0 amide bonds. The van der Waals surface area contributed by atoms with Crippen LogP contribution in [0.2, 0.25) is 4.34 Å². The first-order valence-electron chi connectivity index (χ1n) is 6.23. The molecule has 2 aromatic rings. The van der Waals surface area contributed by atoms with Crippen molar-refractivity contribution in [1.29, 1.82) is 0 Å². The average Bonchev–Trinajstić information content (AvgIpc) is 2.75. The molecule has 3 N–H and O–H groups in total. The van der Waals surface area contributed by atoms with Gasteiger partial charge < -0.3 is 11.1 Å². The second-order valence-electron chi connectivity index (χ2n) is 4.35. The van der Waals surface area contributed by atoms with Gasteiger partial charge in [0.1, 0.15) is 17.5 Å². The standard InChI is InChI=1S/C13H17ClN4S/c1-3-4-12-17-11(15)7-13(18-12)16-8(2)9-5-6-10(14)19-9/h5-8H,3-4H2,1-2H3,(H3,15,16,17,18). The average molecular weight is 297 g/mol. The summed E-state index contributed by atoms with van der Waals surface area (Å²) in [7, 11) is 0. The second kappa shape index (κ2) is 6.21. The molecule has 0 bridgehead atoms. The zero-order valence-corrected chi connectivity index (χ0v) is 12.6. The molecule has 2 aromatic heterocycles. The molecule has 0 radical (unpaired) electrons. The molecule has 4 nitrogen and oxygen atoms in total. The summed E-state index contributed by atoms with van der Waals surface area (Å²) >= 11 is 7.51. The summed E-state index contributed by atoms with van der Waals surface area (Å²) in [6.07, 6.45) is 1.83. The molecule has 0 saturated heterocycles. The molecule has 0 aliphatic heterocycles. The molecule has 0 aliphatic carbocycles. The van der Waals surface area contributed by atoms with Crippen LogP contribution in [0.4, 0.5) is 11.6 Å². The van der Waals surface area contributed by atoms with Crippen molar-refractivity contribution in [2.24, 2.45) is 0 Å². The minimum atomic E-state index is 0.140. The van der Waals surface area contributed by atoms with Crippen molar-refractivity contribution in [2.45, 2.75) is 32.7 Å². The molecule has 2 heterocycles. The Kier molecular flexibility index (Phi) is 4.61. The molecule has 0 saturated carbocycles. The van der Waals surface area contributed by atoms with E-state index in [0.29, 0.717) is 5.82 Å². The molecule has 1 atom stereocenters. The van der Waals surface area contributed by atoms with E-state index >= 15 is 0 Å². The number of aryl methyl sites for hydroxylation is 1. The van der Waals surface area contributed by atoms with Crippen LogP contribution < -0.4 is 11.1 Å². The normalized spacial score (nSPS) is 12.4. The zero-order valence-electron chi connectivity index (χ0n) is 11.0. The number of anilines is 2. The van der Waals surface area contributed by atoms with Gasteiger partial charge in [-0.15, -0.1) is 11.3 Å². The van der Waals surface area contributed by atoms with E-state index in [-0.39, 0.29) is 6.04 Å². The van der Waals surface area contributed by atoms with E-state index in [1.807, 2.05) is 12.1 Å². The lowest BCUT2D eigenvalue weighted by Gasteiger charge is -2.13. The molecule has 1 unspecified atom stereocenters. The largest absolute Gasteiger partial charge is 0.384 e. The van der Waals surface area contributed by atoms with E-state index < -0.39 is 0 Å². The Morgan fingerprint density at radius 2 is 2.21 bits per heavy atom. The molecule has 0 spiro atoms. The fraction of sp³-hybridized carbons (Fsp3) is 0.385. The molecule has 6 heteroatoms. The van der Waals surface area contributed by atoms with Crippen LogP contribution in [-0.2, 0) is 6.42 Å². The quantitative estimate of drug-likeness (QED) is 0.878. The highest BCUT2D eigenvalue weighted by Gasteiger charge is 2.10. The van der Waals surface area contributed by atoms with Crippen molar-refractivity contribution >= 4 is 34.6 Å². The van der Waals surface area contributed by atoms with Crippen LogP contribution in [-0.4, -0.2) is 9.97 Å². The van der Waals surface area contributed by atoms with Gasteiger partial charge in [-0.2, -0.15) is 0 Å². The predicted octanol–water partition coefficient (Wildman–Crippen LogP) is 3.90. The molecule has 19 heavy (non-hydrogen) atoms. The van der Waals surface area contributed by atoms with E-state index in [1.54, 1.807) is 17.4 Å². The van der Waals surface area contributed by atoms with Crippen LogP contribution in [0.25, 0.3) is 0 Å². The highest BCUT2D eigenvalue weighted by atomic mass is 35.5. The Bertz CT molecular complexity index is 555. The highest BCUT2D eigenvalue weighted by molar-refractivity contribution is 7.16. The van der Waals surface area contributed by atoms with Gasteiger partial charge in [-0.05, 0) is 25.5 Å². The van der Waals surface area contributed by atoms with Gasteiger partial charge in [0.05, 0.1) is 10.4 Å². The van der Waals surface area contributed by atoms with Crippen LogP contribution >= 0.6 is 22.9 Å². The van der Waals surface area contributed by atoms with E-state index in [2.05, 4.69) is 29.1 Å². The Balaban J connectivity index is 2.14. The summed E-state index contributed by atoms with van der Waals surface area (Å²) in [4.78, 5) is 9.85. The van der Waals surface area contributed by atoms with Crippen LogP contribution in [0.5, 0.6) is 0 Å². The number of thiophene rings is 1. The molecule has 0 aliphatic rings.